The number of fused-ring (bicyclic) bond motifs is 1. The first-order valence-corrected chi connectivity index (χ1v) is 5.25. The Hall–Kier alpha value is -1.64. The van der Waals surface area contributed by atoms with Gasteiger partial charge in [0.25, 0.3) is 0 Å². The van der Waals surface area contributed by atoms with Crippen molar-refractivity contribution in [1.82, 2.24) is 0 Å². The number of benzene rings is 1. The van der Waals surface area contributed by atoms with Crippen molar-refractivity contribution in [3.8, 4) is 0 Å². The second-order valence-electron chi connectivity index (χ2n) is 3.67. The molecule has 0 bridgehead atoms. The third-order valence-electron chi connectivity index (χ3n) is 2.36. The van der Waals surface area contributed by atoms with E-state index in [0.717, 1.165) is 29.9 Å². The number of amides is 1. The monoisotopic (exact) mass is 202 g/mol. The van der Waals surface area contributed by atoms with E-state index in [4.69, 9.17) is 0 Å². The summed E-state index contributed by atoms with van der Waals surface area (Å²) < 4.78 is 0. The molecule has 1 aliphatic rings. The minimum atomic E-state index is 0.0344. The van der Waals surface area contributed by atoms with Crippen molar-refractivity contribution in [1.29, 1.82) is 0 Å². The van der Waals surface area contributed by atoms with E-state index in [0.29, 0.717) is 6.42 Å². The average Bonchev–Trinajstić information content (AvgIpc) is 2.35. The summed E-state index contributed by atoms with van der Waals surface area (Å²) in [5.41, 5.74) is 2.65. The summed E-state index contributed by atoms with van der Waals surface area (Å²) >= 11 is 0. The molecular weight excluding hydrogens is 188 g/mol. The molecule has 0 radical (unpaired) electrons. The summed E-state index contributed by atoms with van der Waals surface area (Å²) in [6.45, 7) is 2.09. The lowest BCUT2D eigenvalue weighted by Crippen LogP contribution is -2.13. The topological polar surface area (TPSA) is 41.5 Å². The largest absolute Gasteiger partial charge is 0.324 e. The molecule has 1 amide bonds. The highest BCUT2D eigenvalue weighted by Crippen LogP contribution is 2.27. The molecule has 0 aromatic heterocycles. The molecule has 15 heavy (non-hydrogen) atoms. The van der Waals surface area contributed by atoms with Crippen LogP contribution >= 0.6 is 0 Å². The van der Waals surface area contributed by atoms with Crippen LogP contribution in [0.5, 0.6) is 0 Å². The molecule has 1 heterocycles. The summed E-state index contributed by atoms with van der Waals surface area (Å²) in [6.07, 6.45) is 2.33. The summed E-state index contributed by atoms with van der Waals surface area (Å²) in [7, 11) is 0. The molecule has 1 aliphatic heterocycles. The lowest BCUT2D eigenvalue weighted by Gasteiger charge is -2.02. The number of carbonyl (C=O) groups excluding carboxylic acids is 1. The summed E-state index contributed by atoms with van der Waals surface area (Å²) in [6, 6.07) is 7.64. The van der Waals surface area contributed by atoms with E-state index in [9.17, 15) is 4.79 Å². The zero-order valence-electron chi connectivity index (χ0n) is 8.79. The van der Waals surface area contributed by atoms with E-state index in [1.807, 2.05) is 24.3 Å². The van der Waals surface area contributed by atoms with Crippen molar-refractivity contribution < 1.29 is 4.79 Å². The fourth-order valence-electron chi connectivity index (χ4n) is 1.70. The molecule has 0 fully saturated rings. The molecule has 78 valence electrons. The van der Waals surface area contributed by atoms with Gasteiger partial charge in [-0.3, -0.25) is 9.79 Å². The highest BCUT2D eigenvalue weighted by molar-refractivity contribution is 6.10. The smallest absolute Gasteiger partial charge is 0.230 e. The summed E-state index contributed by atoms with van der Waals surface area (Å²) in [4.78, 5) is 16.1. The number of carbonyl (C=O) groups is 1. The number of hydrogen-bond donors (Lipinski definition) is 1. The van der Waals surface area contributed by atoms with E-state index >= 15 is 0 Å². The van der Waals surface area contributed by atoms with Crippen molar-refractivity contribution in [2.75, 3.05) is 5.32 Å². The SMILES string of the molecule is CCCC1=Nc2ccccc2NC(=O)C1. The Balaban J connectivity index is 2.38. The number of rotatable bonds is 2. The Morgan fingerprint density at radius 2 is 2.20 bits per heavy atom. The maximum Gasteiger partial charge on any atom is 0.230 e. The summed E-state index contributed by atoms with van der Waals surface area (Å²) in [5.74, 6) is 0.0344. The zero-order chi connectivity index (χ0) is 10.7. The van der Waals surface area contributed by atoms with Gasteiger partial charge >= 0.3 is 0 Å². The van der Waals surface area contributed by atoms with Gasteiger partial charge in [-0.1, -0.05) is 25.5 Å². The maximum absolute atomic E-state index is 11.5. The number of hydrogen-bond acceptors (Lipinski definition) is 2. The zero-order valence-corrected chi connectivity index (χ0v) is 8.79. The molecule has 0 unspecified atom stereocenters. The van der Waals surface area contributed by atoms with E-state index in [1.165, 1.54) is 0 Å². The van der Waals surface area contributed by atoms with Gasteiger partial charge in [0.2, 0.25) is 5.91 Å². The van der Waals surface area contributed by atoms with Crippen molar-refractivity contribution in [2.24, 2.45) is 4.99 Å². The van der Waals surface area contributed by atoms with Gasteiger partial charge in [0.15, 0.2) is 0 Å². The van der Waals surface area contributed by atoms with Crippen LogP contribution in [0.3, 0.4) is 0 Å². The molecule has 1 aromatic rings. The first kappa shape index (κ1) is 9.90. The van der Waals surface area contributed by atoms with Crippen LogP contribution < -0.4 is 5.32 Å². The number of anilines is 1. The molecule has 3 heteroatoms. The Bertz CT molecular complexity index is 410. The summed E-state index contributed by atoms with van der Waals surface area (Å²) in [5, 5.41) is 2.86. The molecule has 0 aliphatic carbocycles. The van der Waals surface area contributed by atoms with Crippen LogP contribution in [0.2, 0.25) is 0 Å². The van der Waals surface area contributed by atoms with Crippen molar-refractivity contribution in [3.05, 3.63) is 24.3 Å². The number of aliphatic imine (C=N–C) groups is 1. The van der Waals surface area contributed by atoms with Crippen LogP contribution in [0, 0.1) is 0 Å². The van der Waals surface area contributed by atoms with Gasteiger partial charge in [0.1, 0.15) is 0 Å². The first-order valence-electron chi connectivity index (χ1n) is 5.25. The maximum atomic E-state index is 11.5. The van der Waals surface area contributed by atoms with Gasteiger partial charge in [-0.25, -0.2) is 0 Å². The number of para-hydroxylation sites is 2. The van der Waals surface area contributed by atoms with E-state index < -0.39 is 0 Å². The Morgan fingerprint density at radius 1 is 1.40 bits per heavy atom. The quantitative estimate of drug-likeness (QED) is 0.787. The van der Waals surface area contributed by atoms with E-state index in [1.54, 1.807) is 0 Å². The van der Waals surface area contributed by atoms with Gasteiger partial charge in [-0.15, -0.1) is 0 Å². The molecule has 2 rings (SSSR count). The first-order chi connectivity index (χ1) is 7.29. The van der Waals surface area contributed by atoms with Gasteiger partial charge in [0.05, 0.1) is 17.8 Å². The molecule has 0 spiro atoms. The minimum Gasteiger partial charge on any atom is -0.324 e. The second kappa shape index (κ2) is 4.26. The van der Waals surface area contributed by atoms with Crippen molar-refractivity contribution in [3.63, 3.8) is 0 Å². The number of nitrogens with one attached hydrogen (secondary N) is 1. The van der Waals surface area contributed by atoms with Gasteiger partial charge in [-0.05, 0) is 18.6 Å². The Labute approximate surface area is 89.2 Å². The molecule has 3 nitrogen and oxygen atoms in total. The van der Waals surface area contributed by atoms with Gasteiger partial charge in [-0.2, -0.15) is 0 Å². The predicted molar refractivity (Wildman–Crippen MR) is 61.7 cm³/mol. The molecule has 1 N–H and O–H groups in total. The third kappa shape index (κ3) is 2.24. The molecule has 0 atom stereocenters. The predicted octanol–water partition coefficient (Wildman–Crippen LogP) is 2.90. The molecule has 0 saturated carbocycles. The Morgan fingerprint density at radius 3 is 3.00 bits per heavy atom. The highest BCUT2D eigenvalue weighted by atomic mass is 16.1. The minimum absolute atomic E-state index is 0.0344. The standard InChI is InChI=1S/C12H14N2O/c1-2-5-9-8-12(15)14-11-7-4-3-6-10(11)13-9/h3-4,6-7H,2,5,8H2,1H3,(H,14,15). The Kier molecular flexibility index (Phi) is 2.81. The average molecular weight is 202 g/mol. The van der Waals surface area contributed by atoms with Gasteiger partial charge in [0, 0.05) is 5.71 Å². The van der Waals surface area contributed by atoms with Crippen LogP contribution in [0.1, 0.15) is 26.2 Å². The van der Waals surface area contributed by atoms with Crippen LogP contribution in [-0.4, -0.2) is 11.6 Å². The highest BCUT2D eigenvalue weighted by Gasteiger charge is 2.14. The third-order valence-corrected chi connectivity index (χ3v) is 2.36. The number of nitrogens with zero attached hydrogens (tertiary/aromatic N) is 1. The lowest BCUT2D eigenvalue weighted by molar-refractivity contribution is -0.115. The van der Waals surface area contributed by atoms with Crippen molar-refractivity contribution in [2.45, 2.75) is 26.2 Å². The second-order valence-corrected chi connectivity index (χ2v) is 3.67. The van der Waals surface area contributed by atoms with E-state index in [-0.39, 0.29) is 5.91 Å². The fourth-order valence-corrected chi connectivity index (χ4v) is 1.70. The normalized spacial score (nSPS) is 15.0. The molecule has 1 aromatic carbocycles. The van der Waals surface area contributed by atoms with Crippen molar-refractivity contribution >= 4 is 23.0 Å². The molecule has 0 saturated heterocycles. The van der Waals surface area contributed by atoms with Crippen LogP contribution in [0.25, 0.3) is 0 Å². The van der Waals surface area contributed by atoms with E-state index in [2.05, 4.69) is 17.2 Å². The molecular formula is C12H14N2O. The van der Waals surface area contributed by atoms with Crippen LogP contribution in [0.4, 0.5) is 11.4 Å². The fraction of sp³-hybridized carbons (Fsp3) is 0.333. The van der Waals surface area contributed by atoms with Crippen LogP contribution in [-0.2, 0) is 4.79 Å². The lowest BCUT2D eigenvalue weighted by atomic mass is 10.1. The van der Waals surface area contributed by atoms with Crippen LogP contribution in [0.15, 0.2) is 29.3 Å². The van der Waals surface area contributed by atoms with Gasteiger partial charge < -0.3 is 5.32 Å².